The maximum absolute atomic E-state index is 12.3. The molecule has 148 valence electrons. The molecule has 0 bridgehead atoms. The summed E-state index contributed by atoms with van der Waals surface area (Å²) in [5.74, 6) is 0.367. The van der Waals surface area contributed by atoms with Crippen LogP contribution in [0, 0.1) is 0 Å². The maximum Gasteiger partial charge on any atom is 0.257 e. The van der Waals surface area contributed by atoms with E-state index in [-0.39, 0.29) is 23.0 Å². The molecule has 0 saturated heterocycles. The standard InChI is InChI=1S/C21H25N3O3S/c1-5-14(2)27-19-12-6-16(7-13-19)20(26)23-21(28)22-17-8-10-18(11-9-17)24(4)15(3)25/h6-14H,5H2,1-4H3,(H2,22,23,26,28). The minimum atomic E-state index is -0.305. The molecule has 0 spiro atoms. The maximum atomic E-state index is 12.3. The van der Waals surface area contributed by atoms with Gasteiger partial charge in [0, 0.05) is 30.9 Å². The minimum Gasteiger partial charge on any atom is -0.491 e. The van der Waals surface area contributed by atoms with E-state index >= 15 is 0 Å². The lowest BCUT2D eigenvalue weighted by atomic mass is 10.2. The summed E-state index contributed by atoms with van der Waals surface area (Å²) in [6.45, 7) is 5.55. The third-order valence-corrected chi connectivity index (χ3v) is 4.44. The summed E-state index contributed by atoms with van der Waals surface area (Å²) in [6.07, 6.45) is 1.03. The van der Waals surface area contributed by atoms with E-state index in [1.54, 1.807) is 60.5 Å². The molecule has 6 nitrogen and oxygen atoms in total. The highest BCUT2D eigenvalue weighted by Crippen LogP contribution is 2.17. The van der Waals surface area contributed by atoms with Gasteiger partial charge in [0.05, 0.1) is 6.10 Å². The predicted octanol–water partition coefficient (Wildman–Crippen LogP) is 3.97. The molecule has 2 aromatic carbocycles. The van der Waals surface area contributed by atoms with Crippen molar-refractivity contribution in [1.82, 2.24) is 5.32 Å². The number of carbonyl (C=O) groups excluding carboxylic acids is 2. The Morgan fingerprint density at radius 2 is 1.71 bits per heavy atom. The summed E-state index contributed by atoms with van der Waals surface area (Å²) in [4.78, 5) is 25.3. The number of benzene rings is 2. The number of thiocarbonyl (C=S) groups is 1. The first-order valence-corrected chi connectivity index (χ1v) is 9.44. The highest BCUT2D eigenvalue weighted by molar-refractivity contribution is 7.80. The van der Waals surface area contributed by atoms with Gasteiger partial charge < -0.3 is 15.0 Å². The fourth-order valence-corrected chi connectivity index (χ4v) is 2.50. The van der Waals surface area contributed by atoms with Crippen LogP contribution in [0.25, 0.3) is 0 Å². The van der Waals surface area contributed by atoms with Crippen molar-refractivity contribution < 1.29 is 14.3 Å². The van der Waals surface area contributed by atoms with E-state index < -0.39 is 0 Å². The van der Waals surface area contributed by atoms with Crippen molar-refractivity contribution >= 4 is 40.5 Å². The molecule has 0 aliphatic heterocycles. The molecule has 1 unspecified atom stereocenters. The Hall–Kier alpha value is -2.93. The molecule has 0 radical (unpaired) electrons. The minimum absolute atomic E-state index is 0.0518. The van der Waals surface area contributed by atoms with Gasteiger partial charge in [0.25, 0.3) is 5.91 Å². The SMILES string of the molecule is CCC(C)Oc1ccc(C(=O)NC(=S)Nc2ccc(N(C)C(C)=O)cc2)cc1. The third-order valence-electron chi connectivity index (χ3n) is 4.24. The van der Waals surface area contributed by atoms with E-state index in [0.29, 0.717) is 11.3 Å². The fraction of sp³-hybridized carbons (Fsp3) is 0.286. The number of nitrogens with zero attached hydrogens (tertiary/aromatic N) is 1. The van der Waals surface area contributed by atoms with E-state index in [4.69, 9.17) is 17.0 Å². The van der Waals surface area contributed by atoms with Crippen LogP contribution in [0.2, 0.25) is 0 Å². The lowest BCUT2D eigenvalue weighted by molar-refractivity contribution is -0.116. The van der Waals surface area contributed by atoms with E-state index in [2.05, 4.69) is 17.6 Å². The van der Waals surface area contributed by atoms with E-state index in [0.717, 1.165) is 17.9 Å². The number of nitrogens with one attached hydrogen (secondary N) is 2. The Morgan fingerprint density at radius 3 is 2.25 bits per heavy atom. The molecule has 2 amide bonds. The second-order valence-corrected chi connectivity index (χ2v) is 6.80. The Bertz CT molecular complexity index is 835. The van der Waals surface area contributed by atoms with Gasteiger partial charge in [-0.1, -0.05) is 6.92 Å². The zero-order valence-electron chi connectivity index (χ0n) is 16.5. The van der Waals surface area contributed by atoms with Gasteiger partial charge >= 0.3 is 0 Å². The van der Waals surface area contributed by atoms with Gasteiger partial charge in [-0.3, -0.25) is 14.9 Å². The summed E-state index contributed by atoms with van der Waals surface area (Å²) >= 11 is 5.20. The smallest absolute Gasteiger partial charge is 0.257 e. The van der Waals surface area contributed by atoms with E-state index in [9.17, 15) is 9.59 Å². The van der Waals surface area contributed by atoms with Gasteiger partial charge in [-0.2, -0.15) is 0 Å². The molecule has 1 atom stereocenters. The Labute approximate surface area is 170 Å². The molecule has 0 aliphatic rings. The van der Waals surface area contributed by atoms with Gasteiger partial charge in [-0.15, -0.1) is 0 Å². The summed E-state index contributed by atoms with van der Waals surface area (Å²) in [7, 11) is 1.70. The fourth-order valence-electron chi connectivity index (χ4n) is 2.29. The zero-order valence-corrected chi connectivity index (χ0v) is 17.3. The molecule has 28 heavy (non-hydrogen) atoms. The summed E-state index contributed by atoms with van der Waals surface area (Å²) in [5, 5.41) is 5.79. The summed E-state index contributed by atoms with van der Waals surface area (Å²) < 4.78 is 5.71. The number of carbonyl (C=O) groups is 2. The molecule has 0 aliphatic carbocycles. The van der Waals surface area contributed by atoms with Crippen LogP contribution in [-0.2, 0) is 4.79 Å². The van der Waals surface area contributed by atoms with Crippen LogP contribution in [0.4, 0.5) is 11.4 Å². The average Bonchev–Trinajstić information content (AvgIpc) is 2.68. The normalized spacial score (nSPS) is 11.3. The lowest BCUT2D eigenvalue weighted by Gasteiger charge is -2.16. The highest BCUT2D eigenvalue weighted by Gasteiger charge is 2.10. The van der Waals surface area contributed by atoms with Crippen molar-refractivity contribution in [3.8, 4) is 5.75 Å². The van der Waals surface area contributed by atoms with Crippen LogP contribution >= 0.6 is 12.2 Å². The number of hydrogen-bond donors (Lipinski definition) is 2. The first-order valence-electron chi connectivity index (χ1n) is 9.03. The van der Waals surface area contributed by atoms with Crippen molar-refractivity contribution in [2.45, 2.75) is 33.3 Å². The number of amides is 2. The van der Waals surface area contributed by atoms with E-state index in [1.807, 2.05) is 6.92 Å². The molecule has 0 heterocycles. The molecular formula is C21H25N3O3S. The van der Waals surface area contributed by atoms with Gasteiger partial charge in [0.15, 0.2) is 5.11 Å². The van der Waals surface area contributed by atoms with Crippen molar-refractivity contribution in [3.05, 3.63) is 54.1 Å². The molecule has 2 aromatic rings. The van der Waals surface area contributed by atoms with Crippen LogP contribution in [0.1, 0.15) is 37.6 Å². The molecule has 2 rings (SSSR count). The van der Waals surface area contributed by atoms with Crippen LogP contribution < -0.4 is 20.3 Å². The van der Waals surface area contributed by atoms with Gasteiger partial charge in [0.2, 0.25) is 5.91 Å². The van der Waals surface area contributed by atoms with Crippen LogP contribution in [0.5, 0.6) is 5.75 Å². The molecule has 0 fully saturated rings. The monoisotopic (exact) mass is 399 g/mol. The second kappa shape index (κ2) is 9.85. The van der Waals surface area contributed by atoms with Crippen molar-refractivity contribution in [1.29, 1.82) is 0 Å². The largest absolute Gasteiger partial charge is 0.491 e. The molecule has 0 saturated carbocycles. The quantitative estimate of drug-likeness (QED) is 0.719. The van der Waals surface area contributed by atoms with Gasteiger partial charge in [-0.25, -0.2) is 0 Å². The zero-order chi connectivity index (χ0) is 20.7. The number of rotatable bonds is 6. The Kier molecular flexibility index (Phi) is 7.52. The van der Waals surface area contributed by atoms with Crippen LogP contribution in [0.3, 0.4) is 0 Å². The first-order chi connectivity index (χ1) is 13.3. The first kappa shape index (κ1) is 21.4. The topological polar surface area (TPSA) is 70.7 Å². The summed E-state index contributed by atoms with van der Waals surface area (Å²) in [5.41, 5.74) is 1.97. The molecule has 7 heteroatoms. The second-order valence-electron chi connectivity index (χ2n) is 6.39. The van der Waals surface area contributed by atoms with Gasteiger partial charge in [0.1, 0.15) is 5.75 Å². The Morgan fingerprint density at radius 1 is 1.11 bits per heavy atom. The number of ether oxygens (including phenoxy) is 1. The molecule has 0 aromatic heterocycles. The lowest BCUT2D eigenvalue weighted by Crippen LogP contribution is -2.34. The van der Waals surface area contributed by atoms with Crippen LogP contribution in [0.15, 0.2) is 48.5 Å². The molecular weight excluding hydrogens is 374 g/mol. The van der Waals surface area contributed by atoms with E-state index in [1.165, 1.54) is 6.92 Å². The Balaban J connectivity index is 1.91. The van der Waals surface area contributed by atoms with Gasteiger partial charge in [-0.05, 0) is 74.1 Å². The third kappa shape index (κ3) is 6.06. The number of anilines is 2. The highest BCUT2D eigenvalue weighted by atomic mass is 32.1. The van der Waals surface area contributed by atoms with Crippen molar-refractivity contribution in [2.24, 2.45) is 0 Å². The summed E-state index contributed by atoms with van der Waals surface area (Å²) in [6, 6.07) is 14.1. The molecule has 2 N–H and O–H groups in total. The number of hydrogen-bond acceptors (Lipinski definition) is 4. The average molecular weight is 400 g/mol. The van der Waals surface area contributed by atoms with Crippen molar-refractivity contribution in [3.63, 3.8) is 0 Å². The van der Waals surface area contributed by atoms with Crippen molar-refractivity contribution in [2.75, 3.05) is 17.3 Å². The predicted molar refractivity (Wildman–Crippen MR) is 116 cm³/mol. The van der Waals surface area contributed by atoms with Crippen LogP contribution in [-0.4, -0.2) is 30.1 Å².